The van der Waals surface area contributed by atoms with Crippen molar-refractivity contribution in [3.63, 3.8) is 0 Å². The van der Waals surface area contributed by atoms with Gasteiger partial charge in [-0.2, -0.15) is 5.26 Å². The van der Waals surface area contributed by atoms with Gasteiger partial charge in [0, 0.05) is 37.8 Å². The largest absolute Gasteiger partial charge is 0.493 e. The van der Waals surface area contributed by atoms with E-state index in [0.29, 0.717) is 17.9 Å². The first-order valence-electron chi connectivity index (χ1n) is 8.23. The number of hydrogen-bond acceptors (Lipinski definition) is 5. The first kappa shape index (κ1) is 15.4. The summed E-state index contributed by atoms with van der Waals surface area (Å²) in [5.74, 6) is 1.57. The molecule has 2 heterocycles. The van der Waals surface area contributed by atoms with Gasteiger partial charge in [0.25, 0.3) is 0 Å². The van der Waals surface area contributed by atoms with Crippen LogP contribution < -0.4 is 20.1 Å². The molecule has 0 aliphatic carbocycles. The molecule has 2 aromatic rings. The number of ether oxygens (including phenoxy) is 2. The molecule has 25 heavy (non-hydrogen) atoms. The van der Waals surface area contributed by atoms with Gasteiger partial charge in [0.1, 0.15) is 23.1 Å². The van der Waals surface area contributed by atoms with Gasteiger partial charge in [-0.3, -0.25) is 0 Å². The number of hydrogen-bond donors (Lipinski definition) is 1. The van der Waals surface area contributed by atoms with Crippen molar-refractivity contribution < 1.29 is 9.47 Å². The van der Waals surface area contributed by atoms with Crippen molar-refractivity contribution in [1.29, 1.82) is 5.26 Å². The van der Waals surface area contributed by atoms with E-state index < -0.39 is 0 Å². The van der Waals surface area contributed by atoms with E-state index in [4.69, 9.17) is 15.2 Å². The summed E-state index contributed by atoms with van der Waals surface area (Å²) in [6, 6.07) is 14.3. The molecule has 0 radical (unpaired) electrons. The van der Waals surface area contributed by atoms with Crippen LogP contribution in [-0.4, -0.2) is 20.7 Å². The Bertz CT molecular complexity index is 925. The van der Waals surface area contributed by atoms with Crippen LogP contribution in [0.1, 0.15) is 22.6 Å². The number of fused-ring (bicyclic) bond motifs is 2. The molecular weight excluding hydrogens is 314 g/mol. The lowest BCUT2D eigenvalue weighted by Gasteiger charge is -2.28. The Balaban J connectivity index is 1.87. The molecule has 2 aliphatic heterocycles. The molecule has 1 unspecified atom stereocenters. The van der Waals surface area contributed by atoms with Gasteiger partial charge in [-0.1, -0.05) is 18.2 Å². The fourth-order valence-corrected chi connectivity index (χ4v) is 3.45. The molecule has 2 aliphatic rings. The topological polar surface area (TPSA) is 71.5 Å². The van der Waals surface area contributed by atoms with E-state index in [-0.39, 0.29) is 11.8 Å². The number of nitriles is 1. The highest BCUT2D eigenvalue weighted by atomic mass is 16.5. The molecule has 0 bridgehead atoms. The summed E-state index contributed by atoms with van der Waals surface area (Å²) in [5.41, 5.74) is 10.7. The number of rotatable bonds is 2. The Kier molecular flexibility index (Phi) is 3.54. The van der Waals surface area contributed by atoms with Crippen LogP contribution in [0.2, 0.25) is 0 Å². The second kappa shape index (κ2) is 5.75. The van der Waals surface area contributed by atoms with Crippen LogP contribution in [-0.2, 0) is 6.42 Å². The molecule has 4 rings (SSSR count). The molecule has 0 aromatic heterocycles. The van der Waals surface area contributed by atoms with Crippen LogP contribution in [0.4, 0.5) is 5.69 Å². The zero-order valence-electron chi connectivity index (χ0n) is 14.2. The molecule has 0 amide bonds. The van der Waals surface area contributed by atoms with Crippen molar-refractivity contribution in [2.45, 2.75) is 12.3 Å². The molecular formula is C20H19N3O2. The van der Waals surface area contributed by atoms with Crippen molar-refractivity contribution in [3.05, 3.63) is 64.5 Å². The van der Waals surface area contributed by atoms with E-state index >= 15 is 0 Å². The lowest BCUT2D eigenvalue weighted by Crippen LogP contribution is -2.21. The standard InChI is InChI=1S/C20H19N3O2/c1-23(2)14-4-5-15-18(10-14)25-20(22)16(11-21)19(15)13-3-6-17-12(9-13)7-8-24-17/h3-6,9-10,19H,7-8,22H2,1-2H3. The molecule has 0 saturated heterocycles. The summed E-state index contributed by atoms with van der Waals surface area (Å²) >= 11 is 0. The minimum absolute atomic E-state index is 0.174. The number of nitrogens with two attached hydrogens (primary N) is 1. The van der Waals surface area contributed by atoms with Crippen LogP contribution in [0.3, 0.4) is 0 Å². The van der Waals surface area contributed by atoms with E-state index in [1.165, 1.54) is 5.56 Å². The third-order valence-electron chi connectivity index (χ3n) is 4.77. The van der Waals surface area contributed by atoms with E-state index in [1.54, 1.807) is 0 Å². The third kappa shape index (κ3) is 2.47. The number of benzene rings is 2. The molecule has 5 nitrogen and oxygen atoms in total. The second-order valence-electron chi connectivity index (χ2n) is 6.51. The molecule has 2 aromatic carbocycles. The average molecular weight is 333 g/mol. The highest BCUT2D eigenvalue weighted by Crippen LogP contribution is 2.44. The number of allylic oxidation sites excluding steroid dienone is 1. The molecule has 0 spiro atoms. The molecule has 2 N–H and O–H groups in total. The van der Waals surface area contributed by atoms with E-state index in [0.717, 1.165) is 29.0 Å². The highest BCUT2D eigenvalue weighted by Gasteiger charge is 2.31. The van der Waals surface area contributed by atoms with Crippen LogP contribution in [0, 0.1) is 11.3 Å². The molecule has 0 fully saturated rings. The SMILES string of the molecule is CN(C)c1ccc2c(c1)OC(N)=C(C#N)C2c1ccc2c(c1)CCO2. The maximum absolute atomic E-state index is 9.65. The molecule has 126 valence electrons. The molecule has 5 heteroatoms. The van der Waals surface area contributed by atoms with Crippen molar-refractivity contribution in [1.82, 2.24) is 0 Å². The van der Waals surface area contributed by atoms with Crippen molar-refractivity contribution in [2.75, 3.05) is 25.6 Å². The van der Waals surface area contributed by atoms with E-state index in [9.17, 15) is 5.26 Å². The monoisotopic (exact) mass is 333 g/mol. The summed E-state index contributed by atoms with van der Waals surface area (Å²) in [5, 5.41) is 9.65. The smallest absolute Gasteiger partial charge is 0.205 e. The van der Waals surface area contributed by atoms with Crippen molar-refractivity contribution in [2.24, 2.45) is 5.73 Å². The summed E-state index contributed by atoms with van der Waals surface area (Å²) in [6.45, 7) is 0.707. The fourth-order valence-electron chi connectivity index (χ4n) is 3.45. The lowest BCUT2D eigenvalue weighted by molar-refractivity contribution is 0.357. The van der Waals surface area contributed by atoms with E-state index in [1.807, 2.05) is 49.3 Å². The van der Waals surface area contributed by atoms with Gasteiger partial charge in [-0.25, -0.2) is 0 Å². The summed E-state index contributed by atoms with van der Waals surface area (Å²) in [6.07, 6.45) is 0.889. The van der Waals surface area contributed by atoms with Crippen LogP contribution in [0.25, 0.3) is 0 Å². The first-order valence-corrected chi connectivity index (χ1v) is 8.23. The summed E-state index contributed by atoms with van der Waals surface area (Å²) < 4.78 is 11.3. The maximum atomic E-state index is 9.65. The van der Waals surface area contributed by atoms with Gasteiger partial charge in [0.2, 0.25) is 5.88 Å². The van der Waals surface area contributed by atoms with Crippen LogP contribution in [0.15, 0.2) is 47.9 Å². The van der Waals surface area contributed by atoms with Crippen molar-refractivity contribution >= 4 is 5.69 Å². The van der Waals surface area contributed by atoms with Crippen LogP contribution in [0.5, 0.6) is 11.5 Å². The Labute approximate surface area is 146 Å². The van der Waals surface area contributed by atoms with Gasteiger partial charge in [-0.05, 0) is 23.3 Å². The predicted octanol–water partition coefficient (Wildman–Crippen LogP) is 2.91. The van der Waals surface area contributed by atoms with E-state index in [2.05, 4.69) is 12.1 Å². The zero-order valence-corrected chi connectivity index (χ0v) is 14.2. The Morgan fingerprint density at radius 3 is 2.76 bits per heavy atom. The predicted molar refractivity (Wildman–Crippen MR) is 95.7 cm³/mol. The number of nitrogens with zero attached hydrogens (tertiary/aromatic N) is 2. The molecule has 0 saturated carbocycles. The first-order chi connectivity index (χ1) is 12.1. The quantitative estimate of drug-likeness (QED) is 0.915. The average Bonchev–Trinajstić information content (AvgIpc) is 3.07. The maximum Gasteiger partial charge on any atom is 0.205 e. The van der Waals surface area contributed by atoms with Gasteiger partial charge in [-0.15, -0.1) is 0 Å². The third-order valence-corrected chi connectivity index (χ3v) is 4.77. The summed E-state index contributed by atoms with van der Waals surface area (Å²) in [7, 11) is 3.95. The fraction of sp³-hybridized carbons (Fsp3) is 0.250. The van der Waals surface area contributed by atoms with Crippen LogP contribution >= 0.6 is 0 Å². The minimum atomic E-state index is -0.226. The zero-order chi connectivity index (χ0) is 17.6. The van der Waals surface area contributed by atoms with Gasteiger partial charge >= 0.3 is 0 Å². The van der Waals surface area contributed by atoms with Gasteiger partial charge in [0.05, 0.1) is 12.5 Å². The second-order valence-corrected chi connectivity index (χ2v) is 6.51. The minimum Gasteiger partial charge on any atom is -0.493 e. The normalized spacial score (nSPS) is 17.9. The Hall–Kier alpha value is -3.13. The highest BCUT2D eigenvalue weighted by molar-refractivity contribution is 5.61. The van der Waals surface area contributed by atoms with Crippen molar-refractivity contribution in [3.8, 4) is 17.6 Å². The summed E-state index contributed by atoms with van der Waals surface area (Å²) in [4.78, 5) is 2.01. The lowest BCUT2D eigenvalue weighted by atomic mass is 9.82. The Morgan fingerprint density at radius 1 is 1.16 bits per heavy atom. The number of anilines is 1. The molecule has 1 atom stereocenters. The Morgan fingerprint density at radius 2 is 2.00 bits per heavy atom. The van der Waals surface area contributed by atoms with Gasteiger partial charge in [0.15, 0.2) is 0 Å². The van der Waals surface area contributed by atoms with Gasteiger partial charge < -0.3 is 20.1 Å².